The number of ketones is 1. The van der Waals surface area contributed by atoms with Gasteiger partial charge in [0.2, 0.25) is 5.91 Å². The second kappa shape index (κ2) is 9.48. The largest absolute Gasteiger partial charge is 0.418 e. The van der Waals surface area contributed by atoms with Crippen molar-refractivity contribution < 1.29 is 22.8 Å². The molecule has 6 nitrogen and oxygen atoms in total. The fraction of sp³-hybridized carbons (Fsp3) is 0.308. The van der Waals surface area contributed by atoms with Crippen molar-refractivity contribution >= 4 is 23.1 Å². The van der Waals surface area contributed by atoms with Gasteiger partial charge < -0.3 is 10.6 Å². The van der Waals surface area contributed by atoms with Crippen LogP contribution in [0, 0.1) is 19.3 Å². The predicted octanol–water partition coefficient (Wildman–Crippen LogP) is 5.53. The molecule has 9 heteroatoms. The number of rotatable bonds is 8. The zero-order valence-electron chi connectivity index (χ0n) is 19.4. The van der Waals surface area contributed by atoms with Gasteiger partial charge in [0.15, 0.2) is 5.78 Å². The summed E-state index contributed by atoms with van der Waals surface area (Å²) in [4.78, 5) is 33.7. The molecule has 0 aliphatic heterocycles. The number of carbonyl (C=O) groups excluding carboxylic acids is 2. The summed E-state index contributed by atoms with van der Waals surface area (Å²) >= 11 is 0. The number of anilines is 2. The van der Waals surface area contributed by atoms with E-state index < -0.39 is 17.2 Å². The van der Waals surface area contributed by atoms with Gasteiger partial charge in [0, 0.05) is 24.4 Å². The Hall–Kier alpha value is -3.75. The van der Waals surface area contributed by atoms with Gasteiger partial charge in [0.05, 0.1) is 40.8 Å². The van der Waals surface area contributed by atoms with Crippen LogP contribution in [0.4, 0.5) is 24.5 Å². The van der Waals surface area contributed by atoms with Crippen LogP contribution in [0.1, 0.15) is 52.0 Å². The topological polar surface area (TPSA) is 84.0 Å². The Morgan fingerprint density at radius 3 is 2.40 bits per heavy atom. The SMILES string of the molecule is Cc1cncc(C(=O)CC2(C(=O)NCc3ccc(Nc4ccc(C)cc4C(F)(F)F)cn3)CC2)c1. The molecule has 2 aromatic heterocycles. The predicted molar refractivity (Wildman–Crippen MR) is 125 cm³/mol. The van der Waals surface area contributed by atoms with Crippen molar-refractivity contribution in [2.24, 2.45) is 5.41 Å². The number of amides is 1. The first-order valence-electron chi connectivity index (χ1n) is 11.2. The minimum atomic E-state index is -4.48. The van der Waals surface area contributed by atoms with Gasteiger partial charge in [-0.3, -0.25) is 19.6 Å². The molecule has 1 aliphatic carbocycles. The highest BCUT2D eigenvalue weighted by Crippen LogP contribution is 2.49. The van der Waals surface area contributed by atoms with Gasteiger partial charge in [0.25, 0.3) is 0 Å². The van der Waals surface area contributed by atoms with Crippen molar-refractivity contribution in [2.45, 2.75) is 45.8 Å². The third-order valence-corrected chi connectivity index (χ3v) is 6.05. The molecule has 1 aromatic carbocycles. The molecule has 1 saturated carbocycles. The van der Waals surface area contributed by atoms with Crippen LogP contribution in [0.5, 0.6) is 0 Å². The summed E-state index contributed by atoms with van der Waals surface area (Å²) in [6, 6.07) is 9.08. The van der Waals surface area contributed by atoms with Crippen LogP contribution in [0.25, 0.3) is 0 Å². The number of halogens is 3. The molecule has 0 atom stereocenters. The average molecular weight is 483 g/mol. The van der Waals surface area contributed by atoms with E-state index >= 15 is 0 Å². The molecule has 0 unspecified atom stereocenters. The molecule has 1 amide bonds. The molecule has 4 rings (SSSR count). The molecule has 2 heterocycles. The number of pyridine rings is 2. The summed E-state index contributed by atoms with van der Waals surface area (Å²) in [7, 11) is 0. The molecular formula is C26H25F3N4O2. The van der Waals surface area contributed by atoms with E-state index in [0.717, 1.165) is 11.6 Å². The summed E-state index contributed by atoms with van der Waals surface area (Å²) in [6.45, 7) is 3.61. The lowest BCUT2D eigenvalue weighted by molar-refractivity contribution is -0.137. The first kappa shape index (κ1) is 24.4. The fourth-order valence-corrected chi connectivity index (χ4v) is 3.87. The summed E-state index contributed by atoms with van der Waals surface area (Å²) in [5, 5.41) is 5.60. The van der Waals surface area contributed by atoms with Crippen molar-refractivity contribution in [3.05, 3.63) is 82.9 Å². The van der Waals surface area contributed by atoms with E-state index in [2.05, 4.69) is 20.6 Å². The molecule has 0 bridgehead atoms. The van der Waals surface area contributed by atoms with Crippen LogP contribution >= 0.6 is 0 Å². The van der Waals surface area contributed by atoms with E-state index in [1.807, 2.05) is 6.92 Å². The van der Waals surface area contributed by atoms with Gasteiger partial charge in [-0.1, -0.05) is 11.6 Å². The Balaban J connectivity index is 1.35. The second-order valence-corrected chi connectivity index (χ2v) is 9.02. The van der Waals surface area contributed by atoms with Gasteiger partial charge in [-0.2, -0.15) is 13.2 Å². The number of alkyl halides is 3. The highest BCUT2D eigenvalue weighted by molar-refractivity contribution is 6.00. The lowest BCUT2D eigenvalue weighted by Gasteiger charge is -2.16. The van der Waals surface area contributed by atoms with Crippen molar-refractivity contribution in [2.75, 3.05) is 5.32 Å². The maximum absolute atomic E-state index is 13.3. The normalized spacial score (nSPS) is 14.3. The second-order valence-electron chi connectivity index (χ2n) is 9.02. The van der Waals surface area contributed by atoms with E-state index in [4.69, 9.17) is 0 Å². The van der Waals surface area contributed by atoms with Crippen molar-refractivity contribution in [1.29, 1.82) is 0 Å². The quantitative estimate of drug-likeness (QED) is 0.413. The summed E-state index contributed by atoms with van der Waals surface area (Å²) in [6.07, 6.45) is 1.51. The summed E-state index contributed by atoms with van der Waals surface area (Å²) in [5.41, 5.74) is 1.32. The average Bonchev–Trinajstić information content (AvgIpc) is 3.59. The van der Waals surface area contributed by atoms with Crippen LogP contribution < -0.4 is 10.6 Å². The lowest BCUT2D eigenvalue weighted by atomic mass is 9.95. The molecular weight excluding hydrogens is 457 g/mol. The number of aromatic nitrogens is 2. The Kier molecular flexibility index (Phi) is 6.60. The minimum absolute atomic E-state index is 0.0601. The van der Waals surface area contributed by atoms with E-state index in [1.165, 1.54) is 18.5 Å². The molecule has 0 saturated heterocycles. The van der Waals surface area contributed by atoms with Crippen molar-refractivity contribution in [3.8, 4) is 0 Å². The number of Topliss-reactive ketones (excluding diaryl/α,β-unsaturated/α-hetero) is 1. The van der Waals surface area contributed by atoms with Crippen LogP contribution in [0.2, 0.25) is 0 Å². The van der Waals surface area contributed by atoms with Gasteiger partial charge in [-0.25, -0.2) is 0 Å². The smallest absolute Gasteiger partial charge is 0.354 e. The van der Waals surface area contributed by atoms with Crippen LogP contribution in [-0.2, 0) is 17.5 Å². The van der Waals surface area contributed by atoms with E-state index in [-0.39, 0.29) is 30.3 Å². The van der Waals surface area contributed by atoms with Crippen LogP contribution in [0.15, 0.2) is 55.0 Å². The number of benzene rings is 1. The van der Waals surface area contributed by atoms with Crippen LogP contribution in [-0.4, -0.2) is 21.7 Å². The first-order chi connectivity index (χ1) is 16.6. The van der Waals surface area contributed by atoms with Crippen LogP contribution in [0.3, 0.4) is 0 Å². The summed E-state index contributed by atoms with van der Waals surface area (Å²) < 4.78 is 40.0. The third kappa shape index (κ3) is 5.85. The minimum Gasteiger partial charge on any atom is -0.354 e. The molecule has 1 fully saturated rings. The number of nitrogens with one attached hydrogen (secondary N) is 2. The van der Waals surface area contributed by atoms with Gasteiger partial charge in [-0.05, 0) is 62.6 Å². The maximum Gasteiger partial charge on any atom is 0.418 e. The standard InChI is InChI=1S/C26H25F3N4O2/c1-16-3-6-22(21(10-16)26(27,28)29)33-20-5-4-19(31-15-20)14-32-24(35)25(7-8-25)11-23(34)18-9-17(2)12-30-13-18/h3-6,9-10,12-13,15,33H,7-8,11,14H2,1-2H3,(H,32,35). The molecule has 2 N–H and O–H groups in total. The molecule has 0 radical (unpaired) electrons. The van der Waals surface area contributed by atoms with Gasteiger partial charge in [0.1, 0.15) is 0 Å². The zero-order valence-corrected chi connectivity index (χ0v) is 19.4. The number of nitrogens with zero attached hydrogens (tertiary/aromatic N) is 2. The Morgan fingerprint density at radius 1 is 1.00 bits per heavy atom. The third-order valence-electron chi connectivity index (χ3n) is 6.05. The molecule has 182 valence electrons. The molecule has 3 aromatic rings. The van der Waals surface area contributed by atoms with Gasteiger partial charge in [-0.15, -0.1) is 0 Å². The Bertz CT molecular complexity index is 1250. The van der Waals surface area contributed by atoms with E-state index in [0.29, 0.717) is 35.3 Å². The number of hydrogen-bond acceptors (Lipinski definition) is 5. The fourth-order valence-electron chi connectivity index (χ4n) is 3.87. The Morgan fingerprint density at radius 2 is 1.77 bits per heavy atom. The molecule has 0 spiro atoms. The molecule has 1 aliphatic rings. The van der Waals surface area contributed by atoms with Crippen molar-refractivity contribution in [1.82, 2.24) is 15.3 Å². The van der Waals surface area contributed by atoms with Crippen molar-refractivity contribution in [3.63, 3.8) is 0 Å². The molecule has 35 heavy (non-hydrogen) atoms. The number of carbonyl (C=O) groups is 2. The monoisotopic (exact) mass is 482 g/mol. The highest BCUT2D eigenvalue weighted by Gasteiger charge is 2.51. The van der Waals surface area contributed by atoms with Gasteiger partial charge >= 0.3 is 6.18 Å². The lowest BCUT2D eigenvalue weighted by Crippen LogP contribution is -2.33. The number of hydrogen-bond donors (Lipinski definition) is 2. The summed E-state index contributed by atoms with van der Waals surface area (Å²) in [5.74, 6) is -0.318. The van der Waals surface area contributed by atoms with E-state index in [1.54, 1.807) is 37.4 Å². The maximum atomic E-state index is 13.3. The Labute approximate surface area is 201 Å². The highest BCUT2D eigenvalue weighted by atomic mass is 19.4. The zero-order chi connectivity index (χ0) is 25.2. The van der Waals surface area contributed by atoms with E-state index in [9.17, 15) is 22.8 Å². The first-order valence-corrected chi connectivity index (χ1v) is 11.2. The number of aryl methyl sites for hydroxylation is 2.